The summed E-state index contributed by atoms with van der Waals surface area (Å²) in [5, 5.41) is 1.50. The van der Waals surface area contributed by atoms with Crippen LogP contribution in [0.1, 0.15) is 47.0 Å². The third-order valence-electron chi connectivity index (χ3n) is 3.19. The van der Waals surface area contributed by atoms with Crippen LogP contribution in [0.3, 0.4) is 0 Å². The highest BCUT2D eigenvalue weighted by Gasteiger charge is 2.45. The van der Waals surface area contributed by atoms with E-state index in [1.54, 1.807) is 0 Å². The summed E-state index contributed by atoms with van der Waals surface area (Å²) in [5.74, 6) is 3.95. The van der Waals surface area contributed by atoms with E-state index in [-0.39, 0.29) is 24.3 Å². The number of hydrazine groups is 1. The maximum atomic E-state index is 12.7. The number of halogens is 2. The highest BCUT2D eigenvalue weighted by atomic mass is 19.3. The lowest BCUT2D eigenvalue weighted by Crippen LogP contribution is -2.48. The third-order valence-corrected chi connectivity index (χ3v) is 3.19. The quantitative estimate of drug-likeness (QED) is 0.595. The van der Waals surface area contributed by atoms with Crippen molar-refractivity contribution < 1.29 is 8.78 Å². The molecular weight excluding hydrogens is 224 g/mol. The number of hydrogen-bond donors (Lipinski definition) is 2. The van der Waals surface area contributed by atoms with Crippen LogP contribution in [0.2, 0.25) is 0 Å². The van der Waals surface area contributed by atoms with Crippen molar-refractivity contribution in [2.45, 2.75) is 58.4 Å². The zero-order valence-electron chi connectivity index (χ0n) is 11.1. The first-order valence-corrected chi connectivity index (χ1v) is 5.91. The van der Waals surface area contributed by atoms with E-state index in [0.29, 0.717) is 12.2 Å². The standard InChI is InChI=1S/C12H23F2N3/c1-8(5-9-6-12(13,14)7-9)10(15)17(16)11(2,3)4/h9H,5-7,15-16H2,1-4H3/b10-8-. The molecule has 1 saturated carbocycles. The molecule has 0 aromatic rings. The summed E-state index contributed by atoms with van der Waals surface area (Å²) < 4.78 is 25.4. The fourth-order valence-electron chi connectivity index (χ4n) is 2.03. The van der Waals surface area contributed by atoms with Crippen LogP contribution in [0.4, 0.5) is 8.78 Å². The lowest BCUT2D eigenvalue weighted by Gasteiger charge is -2.37. The molecule has 1 aliphatic rings. The molecule has 100 valence electrons. The fraction of sp³-hybridized carbons (Fsp3) is 0.833. The normalized spacial score (nSPS) is 21.8. The molecule has 0 unspecified atom stereocenters. The first kappa shape index (κ1) is 14.2. The second-order valence-corrected chi connectivity index (χ2v) is 6.04. The monoisotopic (exact) mass is 247 g/mol. The highest BCUT2D eigenvalue weighted by Crippen LogP contribution is 2.45. The van der Waals surface area contributed by atoms with Crippen molar-refractivity contribution in [3.05, 3.63) is 11.4 Å². The average molecular weight is 247 g/mol. The Balaban J connectivity index is 2.59. The van der Waals surface area contributed by atoms with E-state index in [9.17, 15) is 8.78 Å². The van der Waals surface area contributed by atoms with Gasteiger partial charge < -0.3 is 5.73 Å². The van der Waals surface area contributed by atoms with Crippen LogP contribution < -0.4 is 11.6 Å². The molecule has 0 heterocycles. The zero-order valence-corrected chi connectivity index (χ0v) is 11.1. The fourth-order valence-corrected chi connectivity index (χ4v) is 2.03. The van der Waals surface area contributed by atoms with Gasteiger partial charge in [-0.05, 0) is 45.6 Å². The molecule has 0 amide bonds. The van der Waals surface area contributed by atoms with Crippen molar-refractivity contribution in [3.8, 4) is 0 Å². The summed E-state index contributed by atoms with van der Waals surface area (Å²) in [6, 6.07) is 0. The van der Waals surface area contributed by atoms with Gasteiger partial charge in [0, 0.05) is 18.4 Å². The molecule has 0 atom stereocenters. The maximum absolute atomic E-state index is 12.7. The highest BCUT2D eigenvalue weighted by molar-refractivity contribution is 5.11. The predicted octanol–water partition coefficient (Wildman–Crippen LogP) is 2.59. The molecule has 0 saturated heterocycles. The van der Waals surface area contributed by atoms with Crippen molar-refractivity contribution in [2.75, 3.05) is 0 Å². The van der Waals surface area contributed by atoms with E-state index in [0.717, 1.165) is 5.57 Å². The lowest BCUT2D eigenvalue weighted by molar-refractivity contribution is -0.109. The van der Waals surface area contributed by atoms with Gasteiger partial charge in [-0.3, -0.25) is 5.01 Å². The molecule has 3 nitrogen and oxygen atoms in total. The lowest BCUT2D eigenvalue weighted by atomic mass is 9.77. The summed E-state index contributed by atoms with van der Waals surface area (Å²) in [6.45, 7) is 7.71. The molecule has 1 rings (SSSR count). The molecule has 1 fully saturated rings. The zero-order chi connectivity index (χ0) is 13.4. The summed E-state index contributed by atoms with van der Waals surface area (Å²) in [6.07, 6.45) is 0.542. The van der Waals surface area contributed by atoms with Crippen LogP contribution >= 0.6 is 0 Å². The summed E-state index contributed by atoms with van der Waals surface area (Å²) in [4.78, 5) is 0. The SMILES string of the molecule is C/C(CC1CC(F)(F)C1)=C(\N)N(N)C(C)(C)C. The number of nitrogens with two attached hydrogens (primary N) is 2. The molecule has 0 aliphatic heterocycles. The largest absolute Gasteiger partial charge is 0.384 e. The Morgan fingerprint density at radius 3 is 2.18 bits per heavy atom. The van der Waals surface area contributed by atoms with Gasteiger partial charge in [0.05, 0.1) is 0 Å². The van der Waals surface area contributed by atoms with Crippen LogP contribution in [0.15, 0.2) is 11.4 Å². The number of nitrogens with zero attached hydrogens (tertiary/aromatic N) is 1. The third kappa shape index (κ3) is 3.56. The van der Waals surface area contributed by atoms with Crippen molar-refractivity contribution in [1.82, 2.24) is 5.01 Å². The minimum absolute atomic E-state index is 0.0301. The first-order chi connectivity index (χ1) is 7.53. The number of hydrogen-bond acceptors (Lipinski definition) is 3. The Labute approximate surface area is 102 Å². The van der Waals surface area contributed by atoms with Gasteiger partial charge in [-0.2, -0.15) is 0 Å². The van der Waals surface area contributed by atoms with Gasteiger partial charge in [-0.25, -0.2) is 14.6 Å². The Morgan fingerprint density at radius 1 is 1.35 bits per heavy atom. The molecule has 0 bridgehead atoms. The molecule has 0 radical (unpaired) electrons. The van der Waals surface area contributed by atoms with Crippen molar-refractivity contribution in [2.24, 2.45) is 17.5 Å². The molecule has 17 heavy (non-hydrogen) atoms. The Hall–Kier alpha value is -0.840. The van der Waals surface area contributed by atoms with Crippen molar-refractivity contribution >= 4 is 0 Å². The van der Waals surface area contributed by atoms with Crippen LogP contribution in [-0.2, 0) is 0 Å². The second-order valence-electron chi connectivity index (χ2n) is 6.04. The molecule has 1 aliphatic carbocycles. The predicted molar refractivity (Wildman–Crippen MR) is 65.0 cm³/mol. The van der Waals surface area contributed by atoms with E-state index < -0.39 is 5.92 Å². The summed E-state index contributed by atoms with van der Waals surface area (Å²) >= 11 is 0. The average Bonchev–Trinajstić information content (AvgIpc) is 2.10. The first-order valence-electron chi connectivity index (χ1n) is 5.91. The maximum Gasteiger partial charge on any atom is 0.248 e. The van der Waals surface area contributed by atoms with Crippen molar-refractivity contribution in [1.29, 1.82) is 0 Å². The molecular formula is C12H23F2N3. The smallest absolute Gasteiger partial charge is 0.248 e. The summed E-state index contributed by atoms with van der Waals surface area (Å²) in [7, 11) is 0. The number of allylic oxidation sites excluding steroid dienone is 1. The van der Waals surface area contributed by atoms with Gasteiger partial charge in [-0.1, -0.05) is 0 Å². The van der Waals surface area contributed by atoms with Gasteiger partial charge in [0.1, 0.15) is 5.82 Å². The Bertz CT molecular complexity index is 310. The molecule has 4 N–H and O–H groups in total. The van der Waals surface area contributed by atoms with Crippen LogP contribution in [0, 0.1) is 5.92 Å². The minimum Gasteiger partial charge on any atom is -0.384 e. The number of rotatable bonds is 3. The Kier molecular flexibility index (Phi) is 3.72. The molecule has 0 aromatic carbocycles. The van der Waals surface area contributed by atoms with Crippen LogP contribution in [-0.4, -0.2) is 16.5 Å². The van der Waals surface area contributed by atoms with Gasteiger partial charge >= 0.3 is 0 Å². The van der Waals surface area contributed by atoms with Gasteiger partial charge in [0.25, 0.3) is 0 Å². The van der Waals surface area contributed by atoms with Gasteiger partial charge in [-0.15, -0.1) is 0 Å². The van der Waals surface area contributed by atoms with Gasteiger partial charge in [0.15, 0.2) is 0 Å². The number of alkyl halides is 2. The van der Waals surface area contributed by atoms with Crippen LogP contribution in [0.5, 0.6) is 0 Å². The van der Waals surface area contributed by atoms with Crippen molar-refractivity contribution in [3.63, 3.8) is 0 Å². The molecule has 5 heteroatoms. The van der Waals surface area contributed by atoms with E-state index in [4.69, 9.17) is 11.6 Å². The Morgan fingerprint density at radius 2 is 1.82 bits per heavy atom. The van der Waals surface area contributed by atoms with E-state index in [1.807, 2.05) is 27.7 Å². The summed E-state index contributed by atoms with van der Waals surface area (Å²) in [5.41, 5.74) is 6.56. The van der Waals surface area contributed by atoms with Gasteiger partial charge in [0.2, 0.25) is 5.92 Å². The van der Waals surface area contributed by atoms with Crippen LogP contribution in [0.25, 0.3) is 0 Å². The molecule has 0 aromatic heterocycles. The minimum atomic E-state index is -2.47. The topological polar surface area (TPSA) is 55.3 Å². The van der Waals surface area contributed by atoms with E-state index >= 15 is 0 Å². The van der Waals surface area contributed by atoms with E-state index in [1.165, 1.54) is 5.01 Å². The second kappa shape index (κ2) is 4.44. The molecule has 0 spiro atoms. The van der Waals surface area contributed by atoms with E-state index in [2.05, 4.69) is 0 Å².